The quantitative estimate of drug-likeness (QED) is 0.717. The second kappa shape index (κ2) is 13.4. The largest absolute Gasteiger partial charge is 0.341 e. The van der Waals surface area contributed by atoms with Gasteiger partial charge in [-0.15, -0.1) is 24.8 Å². The number of likely N-dealkylation sites (tertiary alicyclic amines) is 1. The number of nitrogens with one attached hydrogen (secondary N) is 1. The molecule has 1 atom stereocenters. The molecule has 6 heteroatoms. The van der Waals surface area contributed by atoms with Crippen LogP contribution >= 0.6 is 24.8 Å². The average molecular weight is 404 g/mol. The molecule has 26 heavy (non-hydrogen) atoms. The molecule has 1 aliphatic rings. The Labute approximate surface area is 171 Å². The number of halogens is 2. The molecule has 0 aliphatic carbocycles. The second-order valence-electron chi connectivity index (χ2n) is 6.70. The second-order valence-corrected chi connectivity index (χ2v) is 6.70. The molecule has 150 valence electrons. The Morgan fingerprint density at radius 1 is 1.15 bits per heavy atom. The highest BCUT2D eigenvalue weighted by Gasteiger charge is 2.31. The van der Waals surface area contributed by atoms with E-state index in [-0.39, 0.29) is 36.8 Å². The molecule has 0 bridgehead atoms. The molecule has 1 saturated heterocycles. The summed E-state index contributed by atoms with van der Waals surface area (Å²) < 4.78 is 0. The predicted molar refractivity (Wildman–Crippen MR) is 114 cm³/mol. The number of carbonyl (C=O) groups is 1. The number of hydrogen-bond acceptors (Lipinski definition) is 3. The Hall–Kier alpha value is -0.810. The Bertz CT molecular complexity index is 489. The van der Waals surface area contributed by atoms with Gasteiger partial charge in [-0.1, -0.05) is 44.2 Å². The fraction of sp³-hybridized carbons (Fsp3) is 0.650. The summed E-state index contributed by atoms with van der Waals surface area (Å²) in [5.41, 5.74) is 1.11. The van der Waals surface area contributed by atoms with Crippen molar-refractivity contribution in [3.05, 3.63) is 35.9 Å². The van der Waals surface area contributed by atoms with Gasteiger partial charge in [-0.3, -0.25) is 9.69 Å². The fourth-order valence-electron chi connectivity index (χ4n) is 3.70. The van der Waals surface area contributed by atoms with E-state index >= 15 is 0 Å². The average Bonchev–Trinajstić information content (AvgIpc) is 2.65. The standard InChI is InChI=1S/C20H33N3O.2ClH/c1-4-22(5-2)19(18-9-7-6-8-10-18)20(24)23-15-12-17(13-16-23)11-14-21-3;;/h6-10,17,19,21H,4-5,11-16H2,1-3H3;2*1H. The molecule has 0 saturated carbocycles. The Morgan fingerprint density at radius 3 is 2.23 bits per heavy atom. The van der Waals surface area contributed by atoms with Crippen LogP contribution in [0.25, 0.3) is 0 Å². The number of piperidine rings is 1. The van der Waals surface area contributed by atoms with Gasteiger partial charge < -0.3 is 10.2 Å². The third-order valence-corrected chi connectivity index (χ3v) is 5.26. The molecule has 1 aliphatic heterocycles. The van der Waals surface area contributed by atoms with Gasteiger partial charge >= 0.3 is 0 Å². The predicted octanol–water partition coefficient (Wildman–Crippen LogP) is 3.76. The van der Waals surface area contributed by atoms with Crippen LogP contribution in [-0.4, -0.2) is 55.5 Å². The van der Waals surface area contributed by atoms with Crippen molar-refractivity contribution >= 4 is 30.7 Å². The highest BCUT2D eigenvalue weighted by molar-refractivity contribution is 5.85. The van der Waals surface area contributed by atoms with Crippen LogP contribution < -0.4 is 5.32 Å². The molecule has 1 aromatic rings. The van der Waals surface area contributed by atoms with Gasteiger partial charge in [0.05, 0.1) is 0 Å². The summed E-state index contributed by atoms with van der Waals surface area (Å²) in [6.45, 7) is 8.93. The van der Waals surface area contributed by atoms with Crippen molar-refractivity contribution in [3.8, 4) is 0 Å². The lowest BCUT2D eigenvalue weighted by molar-refractivity contribution is -0.138. The summed E-state index contributed by atoms with van der Waals surface area (Å²) in [7, 11) is 2.01. The summed E-state index contributed by atoms with van der Waals surface area (Å²) in [5.74, 6) is 1.03. The van der Waals surface area contributed by atoms with Gasteiger partial charge in [-0.25, -0.2) is 0 Å². The number of amides is 1. The maximum absolute atomic E-state index is 13.3. The number of rotatable bonds is 8. The van der Waals surface area contributed by atoms with Crippen LogP contribution in [0.1, 0.15) is 44.7 Å². The molecular formula is C20H35Cl2N3O. The fourth-order valence-corrected chi connectivity index (χ4v) is 3.70. The van der Waals surface area contributed by atoms with Gasteiger partial charge in [0.15, 0.2) is 0 Å². The highest BCUT2D eigenvalue weighted by atomic mass is 35.5. The van der Waals surface area contributed by atoms with Gasteiger partial charge in [0.25, 0.3) is 0 Å². The van der Waals surface area contributed by atoms with E-state index in [9.17, 15) is 4.79 Å². The van der Waals surface area contributed by atoms with Crippen molar-refractivity contribution in [2.45, 2.75) is 39.2 Å². The first-order valence-corrected chi connectivity index (χ1v) is 9.43. The van der Waals surface area contributed by atoms with E-state index in [1.807, 2.05) is 25.2 Å². The maximum atomic E-state index is 13.3. The molecule has 1 heterocycles. The smallest absolute Gasteiger partial charge is 0.244 e. The van der Waals surface area contributed by atoms with E-state index < -0.39 is 0 Å². The van der Waals surface area contributed by atoms with Crippen LogP contribution in [0.2, 0.25) is 0 Å². The molecule has 0 aromatic heterocycles. The zero-order chi connectivity index (χ0) is 17.4. The third kappa shape index (κ3) is 6.73. The van der Waals surface area contributed by atoms with E-state index in [4.69, 9.17) is 0 Å². The zero-order valence-corrected chi connectivity index (χ0v) is 18.0. The van der Waals surface area contributed by atoms with E-state index in [0.717, 1.165) is 57.0 Å². The van der Waals surface area contributed by atoms with Crippen molar-refractivity contribution in [2.24, 2.45) is 5.92 Å². The summed E-state index contributed by atoms with van der Waals surface area (Å²) >= 11 is 0. The van der Waals surface area contributed by atoms with Crippen LogP contribution in [0.3, 0.4) is 0 Å². The van der Waals surface area contributed by atoms with Gasteiger partial charge in [0.2, 0.25) is 5.91 Å². The van der Waals surface area contributed by atoms with Crippen LogP contribution in [0, 0.1) is 5.92 Å². The van der Waals surface area contributed by atoms with E-state index in [1.54, 1.807) is 0 Å². The summed E-state index contributed by atoms with van der Waals surface area (Å²) in [4.78, 5) is 17.6. The minimum Gasteiger partial charge on any atom is -0.341 e. The van der Waals surface area contributed by atoms with Crippen LogP contribution in [-0.2, 0) is 4.79 Å². The van der Waals surface area contributed by atoms with Gasteiger partial charge in [0.1, 0.15) is 6.04 Å². The van der Waals surface area contributed by atoms with E-state index in [0.29, 0.717) is 0 Å². The SMILES string of the molecule is CCN(CC)C(C(=O)N1CCC(CCNC)CC1)c1ccccc1.Cl.Cl. The molecule has 1 fully saturated rings. The zero-order valence-electron chi connectivity index (χ0n) is 16.3. The first kappa shape index (κ1) is 25.2. The number of likely N-dealkylation sites (N-methyl/N-ethyl adjacent to an activating group) is 1. The minimum absolute atomic E-state index is 0. The Morgan fingerprint density at radius 2 is 1.73 bits per heavy atom. The van der Waals surface area contributed by atoms with Crippen molar-refractivity contribution in [1.82, 2.24) is 15.1 Å². The summed E-state index contributed by atoms with van der Waals surface area (Å²) in [5, 5.41) is 3.23. The lowest BCUT2D eigenvalue weighted by Gasteiger charge is -2.37. The van der Waals surface area contributed by atoms with Crippen molar-refractivity contribution in [3.63, 3.8) is 0 Å². The lowest BCUT2D eigenvalue weighted by atomic mass is 9.92. The molecule has 1 aromatic carbocycles. The number of hydrogen-bond donors (Lipinski definition) is 1. The van der Waals surface area contributed by atoms with Crippen molar-refractivity contribution in [1.29, 1.82) is 0 Å². The van der Waals surface area contributed by atoms with Gasteiger partial charge in [-0.05, 0) is 57.4 Å². The van der Waals surface area contributed by atoms with E-state index in [2.05, 4.69) is 41.1 Å². The third-order valence-electron chi connectivity index (χ3n) is 5.26. The van der Waals surface area contributed by atoms with Gasteiger partial charge in [-0.2, -0.15) is 0 Å². The monoisotopic (exact) mass is 403 g/mol. The summed E-state index contributed by atoms with van der Waals surface area (Å²) in [6, 6.07) is 10.1. The molecule has 1 amide bonds. The van der Waals surface area contributed by atoms with E-state index in [1.165, 1.54) is 6.42 Å². The molecule has 1 unspecified atom stereocenters. The van der Waals surface area contributed by atoms with Crippen molar-refractivity contribution in [2.75, 3.05) is 39.8 Å². The number of carbonyl (C=O) groups excluding carboxylic acids is 1. The topological polar surface area (TPSA) is 35.6 Å². The number of benzene rings is 1. The lowest BCUT2D eigenvalue weighted by Crippen LogP contribution is -2.46. The molecule has 4 nitrogen and oxygen atoms in total. The first-order valence-electron chi connectivity index (χ1n) is 9.43. The molecule has 0 spiro atoms. The first-order chi connectivity index (χ1) is 11.7. The highest BCUT2D eigenvalue weighted by Crippen LogP contribution is 2.27. The Kier molecular flexibility index (Phi) is 13.0. The number of nitrogens with zero attached hydrogens (tertiary/aromatic N) is 2. The van der Waals surface area contributed by atoms with Crippen LogP contribution in [0.5, 0.6) is 0 Å². The molecule has 2 rings (SSSR count). The van der Waals surface area contributed by atoms with Gasteiger partial charge in [0, 0.05) is 13.1 Å². The van der Waals surface area contributed by atoms with Crippen LogP contribution in [0.4, 0.5) is 0 Å². The molecule has 0 radical (unpaired) electrons. The summed E-state index contributed by atoms with van der Waals surface area (Å²) in [6.07, 6.45) is 3.48. The maximum Gasteiger partial charge on any atom is 0.244 e. The minimum atomic E-state index is -0.143. The Balaban J connectivity index is 0.00000312. The molecular weight excluding hydrogens is 369 g/mol. The van der Waals surface area contributed by atoms with Crippen molar-refractivity contribution < 1.29 is 4.79 Å². The van der Waals surface area contributed by atoms with Crippen LogP contribution in [0.15, 0.2) is 30.3 Å². The normalized spacial score (nSPS) is 15.9. The molecule has 1 N–H and O–H groups in total.